The van der Waals surface area contributed by atoms with Gasteiger partial charge in [-0.05, 0) is 54.8 Å². The van der Waals surface area contributed by atoms with Crippen LogP contribution in [-0.2, 0) is 21.2 Å². The van der Waals surface area contributed by atoms with Crippen molar-refractivity contribution in [2.45, 2.75) is 24.3 Å². The van der Waals surface area contributed by atoms with Crippen LogP contribution in [0.5, 0.6) is 0 Å². The quantitative estimate of drug-likeness (QED) is 0.416. The van der Waals surface area contributed by atoms with Crippen LogP contribution >= 0.6 is 0 Å². The van der Waals surface area contributed by atoms with E-state index in [1.165, 1.54) is 18.2 Å². The molecule has 0 fully saturated rings. The first-order valence-corrected chi connectivity index (χ1v) is 9.62. The van der Waals surface area contributed by atoms with E-state index in [1.54, 1.807) is 6.92 Å². The van der Waals surface area contributed by atoms with Gasteiger partial charge < -0.3 is 21.1 Å². The molecule has 6 N–H and O–H groups in total. The molecular formula is C18H18N2O8S. The molecule has 0 saturated heterocycles. The molecule has 10 nitrogen and oxygen atoms in total. The zero-order valence-electron chi connectivity index (χ0n) is 15.1. The van der Waals surface area contributed by atoms with Crippen LogP contribution < -0.4 is 10.5 Å². The summed E-state index contributed by atoms with van der Waals surface area (Å²) in [4.78, 5) is 33.1. The van der Waals surface area contributed by atoms with E-state index >= 15 is 0 Å². The Hall–Kier alpha value is -3.44. The van der Waals surface area contributed by atoms with Gasteiger partial charge in [-0.3, -0.25) is 9.52 Å². The van der Waals surface area contributed by atoms with Gasteiger partial charge in [0.2, 0.25) is 0 Å². The lowest BCUT2D eigenvalue weighted by Gasteiger charge is -2.14. The van der Waals surface area contributed by atoms with Crippen molar-refractivity contribution in [3.8, 4) is 0 Å². The zero-order chi connectivity index (χ0) is 21.9. The minimum atomic E-state index is -4.25. The molecule has 0 aliphatic heterocycles. The van der Waals surface area contributed by atoms with Gasteiger partial charge in [0.1, 0.15) is 6.04 Å². The average Bonchev–Trinajstić information content (AvgIpc) is 2.62. The number of aliphatic carboxylic acids is 1. The Morgan fingerprint density at radius 2 is 1.69 bits per heavy atom. The highest BCUT2D eigenvalue weighted by molar-refractivity contribution is 7.92. The molecule has 2 aromatic carbocycles. The average molecular weight is 422 g/mol. The van der Waals surface area contributed by atoms with Crippen molar-refractivity contribution in [2.24, 2.45) is 5.73 Å². The molecule has 11 heteroatoms. The van der Waals surface area contributed by atoms with Crippen LogP contribution in [0.1, 0.15) is 31.8 Å². The zero-order valence-corrected chi connectivity index (χ0v) is 15.9. The van der Waals surface area contributed by atoms with Crippen LogP contribution in [-0.4, -0.2) is 47.7 Å². The maximum absolute atomic E-state index is 12.7. The minimum absolute atomic E-state index is 0.00125. The van der Waals surface area contributed by atoms with Gasteiger partial charge in [-0.25, -0.2) is 18.0 Å². The maximum atomic E-state index is 12.7. The molecule has 0 aliphatic carbocycles. The molecule has 0 amide bonds. The molecule has 154 valence electrons. The number of sulfonamides is 1. The van der Waals surface area contributed by atoms with E-state index in [4.69, 9.17) is 15.9 Å². The van der Waals surface area contributed by atoms with Crippen LogP contribution in [0.3, 0.4) is 0 Å². The number of nitrogens with two attached hydrogens (primary N) is 1. The number of hydrogen-bond acceptors (Lipinski definition) is 6. The highest BCUT2D eigenvalue weighted by Gasteiger charge is 2.21. The molecule has 0 unspecified atom stereocenters. The van der Waals surface area contributed by atoms with Crippen LogP contribution in [0, 0.1) is 6.92 Å². The minimum Gasteiger partial charge on any atom is -0.480 e. The first-order valence-electron chi connectivity index (χ1n) is 8.13. The van der Waals surface area contributed by atoms with E-state index in [0.717, 1.165) is 18.2 Å². The molecule has 0 saturated carbocycles. The third kappa shape index (κ3) is 5.09. The fourth-order valence-corrected chi connectivity index (χ4v) is 3.70. The highest BCUT2D eigenvalue weighted by Crippen LogP contribution is 2.24. The van der Waals surface area contributed by atoms with E-state index in [1.807, 2.05) is 0 Å². The van der Waals surface area contributed by atoms with Crippen molar-refractivity contribution in [1.29, 1.82) is 0 Å². The Bertz CT molecular complexity index is 1100. The summed E-state index contributed by atoms with van der Waals surface area (Å²) in [5.41, 5.74) is 5.40. The first-order chi connectivity index (χ1) is 13.4. The molecule has 0 radical (unpaired) electrons. The Balaban J connectivity index is 2.40. The summed E-state index contributed by atoms with van der Waals surface area (Å²) >= 11 is 0. The second-order valence-electron chi connectivity index (χ2n) is 6.21. The summed E-state index contributed by atoms with van der Waals surface area (Å²) in [5, 5.41) is 27.2. The number of nitrogens with one attached hydrogen (secondary N) is 1. The molecule has 2 rings (SSSR count). The number of carbonyl (C=O) groups is 3. The number of carboxylic acid groups (broad SMARTS) is 3. The molecule has 2 aromatic rings. The van der Waals surface area contributed by atoms with Gasteiger partial charge in [-0.1, -0.05) is 6.07 Å². The predicted molar refractivity (Wildman–Crippen MR) is 102 cm³/mol. The smallest absolute Gasteiger partial charge is 0.337 e. The fraction of sp³-hybridized carbons (Fsp3) is 0.167. The lowest BCUT2D eigenvalue weighted by atomic mass is 10.0. The fourth-order valence-electron chi connectivity index (χ4n) is 2.54. The number of aromatic carboxylic acids is 2. The largest absolute Gasteiger partial charge is 0.480 e. The molecule has 0 spiro atoms. The molecule has 0 heterocycles. The van der Waals surface area contributed by atoms with Gasteiger partial charge in [0.25, 0.3) is 10.0 Å². The maximum Gasteiger partial charge on any atom is 0.337 e. The third-order valence-electron chi connectivity index (χ3n) is 4.12. The Labute approximate surface area is 165 Å². The van der Waals surface area contributed by atoms with Crippen molar-refractivity contribution >= 4 is 33.6 Å². The van der Waals surface area contributed by atoms with Gasteiger partial charge in [-0.2, -0.15) is 0 Å². The van der Waals surface area contributed by atoms with Gasteiger partial charge in [-0.15, -0.1) is 0 Å². The predicted octanol–water partition coefficient (Wildman–Crippen LogP) is 1.15. The third-order valence-corrected chi connectivity index (χ3v) is 5.49. The lowest BCUT2D eigenvalue weighted by Crippen LogP contribution is -2.32. The molecule has 0 aliphatic rings. The number of carboxylic acids is 3. The summed E-state index contributed by atoms with van der Waals surface area (Å²) in [6, 6.07) is 5.73. The van der Waals surface area contributed by atoms with E-state index in [-0.39, 0.29) is 16.9 Å². The standard InChI is InChI=1S/C18H18N2O8S/c1-9-6-12(4-2-10(9)7-14(19)18(25)26)29(27,28)20-15-8-11(16(21)22)3-5-13(15)17(23)24/h2-6,8,14,20H,7,19H2,1H3,(H,21,22)(H,23,24)(H,25,26)/t14-/m0/s1. The Morgan fingerprint density at radius 3 is 2.21 bits per heavy atom. The van der Waals surface area contributed by atoms with Gasteiger partial charge >= 0.3 is 17.9 Å². The van der Waals surface area contributed by atoms with E-state index < -0.39 is 45.2 Å². The van der Waals surface area contributed by atoms with Gasteiger partial charge in [0, 0.05) is 0 Å². The highest BCUT2D eigenvalue weighted by atomic mass is 32.2. The summed E-state index contributed by atoms with van der Waals surface area (Å²) in [6.45, 7) is 1.58. The number of hydrogen-bond donors (Lipinski definition) is 5. The number of rotatable bonds is 8. The Morgan fingerprint density at radius 1 is 1.03 bits per heavy atom. The molecule has 0 bridgehead atoms. The second kappa shape index (κ2) is 8.29. The lowest BCUT2D eigenvalue weighted by molar-refractivity contribution is -0.138. The molecular weight excluding hydrogens is 404 g/mol. The number of anilines is 1. The first kappa shape index (κ1) is 21.9. The van der Waals surface area contributed by atoms with Crippen molar-refractivity contribution in [3.63, 3.8) is 0 Å². The van der Waals surface area contributed by atoms with Gasteiger partial charge in [0.05, 0.1) is 21.7 Å². The van der Waals surface area contributed by atoms with E-state index in [2.05, 4.69) is 4.72 Å². The van der Waals surface area contributed by atoms with Crippen molar-refractivity contribution in [3.05, 3.63) is 58.7 Å². The molecule has 0 aromatic heterocycles. The summed E-state index contributed by atoms with van der Waals surface area (Å²) < 4.78 is 27.5. The van der Waals surface area contributed by atoms with Crippen LogP contribution in [0.4, 0.5) is 5.69 Å². The topological polar surface area (TPSA) is 184 Å². The van der Waals surface area contributed by atoms with Crippen LogP contribution in [0.2, 0.25) is 0 Å². The van der Waals surface area contributed by atoms with Crippen LogP contribution in [0.25, 0.3) is 0 Å². The summed E-state index contributed by atoms with van der Waals surface area (Å²) in [7, 11) is -4.25. The normalized spacial score (nSPS) is 12.2. The Kier molecular flexibility index (Phi) is 6.25. The summed E-state index contributed by atoms with van der Waals surface area (Å²) in [5.74, 6) is -3.98. The number of aryl methyl sites for hydroxylation is 1. The van der Waals surface area contributed by atoms with Crippen LogP contribution in [0.15, 0.2) is 41.3 Å². The number of benzene rings is 2. The van der Waals surface area contributed by atoms with Crippen molar-refractivity contribution in [1.82, 2.24) is 0 Å². The van der Waals surface area contributed by atoms with E-state index in [9.17, 15) is 27.9 Å². The summed E-state index contributed by atoms with van der Waals surface area (Å²) in [6.07, 6.45) is -0.00125. The SMILES string of the molecule is Cc1cc(S(=O)(=O)Nc2cc(C(=O)O)ccc2C(=O)O)ccc1C[C@H](N)C(=O)O. The molecule has 29 heavy (non-hydrogen) atoms. The monoisotopic (exact) mass is 422 g/mol. The van der Waals surface area contributed by atoms with E-state index in [0.29, 0.717) is 11.1 Å². The van der Waals surface area contributed by atoms with Gasteiger partial charge in [0.15, 0.2) is 0 Å². The van der Waals surface area contributed by atoms with Crippen molar-refractivity contribution in [2.75, 3.05) is 4.72 Å². The molecule has 1 atom stereocenters. The second-order valence-corrected chi connectivity index (χ2v) is 7.90. The van der Waals surface area contributed by atoms with Crippen molar-refractivity contribution < 1.29 is 38.1 Å².